The summed E-state index contributed by atoms with van der Waals surface area (Å²) >= 11 is 0.934. The molecule has 0 aliphatic rings. The van der Waals surface area contributed by atoms with Crippen molar-refractivity contribution in [1.29, 1.82) is 0 Å². The molecule has 0 atom stereocenters. The van der Waals surface area contributed by atoms with Gasteiger partial charge in [-0.25, -0.2) is 4.39 Å². The first kappa shape index (κ1) is 12.5. The second-order valence-electron chi connectivity index (χ2n) is 3.66. The molecule has 0 aliphatic carbocycles. The summed E-state index contributed by atoms with van der Waals surface area (Å²) in [5, 5.41) is 10.2. The Hall–Kier alpha value is -1.95. The number of nitrogens with zero attached hydrogens (tertiary/aromatic N) is 1. The molecule has 0 amide bonds. The van der Waals surface area contributed by atoms with Gasteiger partial charge in [0.05, 0.1) is 12.1 Å². The molecule has 18 heavy (non-hydrogen) atoms. The summed E-state index contributed by atoms with van der Waals surface area (Å²) in [6.45, 7) is 0.0430. The van der Waals surface area contributed by atoms with Crippen LogP contribution in [0.15, 0.2) is 34.4 Å². The van der Waals surface area contributed by atoms with Crippen LogP contribution in [0.1, 0.15) is 6.42 Å². The average Bonchev–Trinajstić information content (AvgIpc) is 2.68. The summed E-state index contributed by atoms with van der Waals surface area (Å²) in [6, 6.07) is 6.10. The van der Waals surface area contributed by atoms with E-state index in [0.29, 0.717) is 11.3 Å². The lowest BCUT2D eigenvalue weighted by Gasteiger charge is -2.06. The van der Waals surface area contributed by atoms with Crippen molar-refractivity contribution >= 4 is 17.3 Å². The van der Waals surface area contributed by atoms with Crippen LogP contribution in [-0.4, -0.2) is 15.6 Å². The molecule has 2 aromatic rings. The van der Waals surface area contributed by atoms with Crippen LogP contribution in [-0.2, 0) is 11.3 Å². The smallest absolute Gasteiger partial charge is 0.307 e. The largest absolute Gasteiger partial charge is 0.481 e. The maximum Gasteiger partial charge on any atom is 0.307 e. The number of hydrogen-bond acceptors (Lipinski definition) is 3. The van der Waals surface area contributed by atoms with E-state index in [4.69, 9.17) is 5.11 Å². The minimum Gasteiger partial charge on any atom is -0.481 e. The molecular weight excluding hydrogens is 257 g/mol. The van der Waals surface area contributed by atoms with E-state index in [1.54, 1.807) is 23.6 Å². The van der Waals surface area contributed by atoms with E-state index in [9.17, 15) is 14.0 Å². The topological polar surface area (TPSA) is 59.3 Å². The second kappa shape index (κ2) is 5.14. The SMILES string of the molecule is O=C(O)CCn1c(-c2ccccc2F)csc1=O. The molecule has 1 aromatic carbocycles. The molecule has 4 nitrogen and oxygen atoms in total. The number of hydrogen-bond donors (Lipinski definition) is 1. The summed E-state index contributed by atoms with van der Waals surface area (Å²) in [5.74, 6) is -1.42. The number of halogens is 1. The summed E-state index contributed by atoms with van der Waals surface area (Å²) in [5.41, 5.74) is 0.727. The van der Waals surface area contributed by atoms with Crippen molar-refractivity contribution in [3.8, 4) is 11.3 Å². The van der Waals surface area contributed by atoms with Crippen molar-refractivity contribution < 1.29 is 14.3 Å². The minimum absolute atomic E-state index is 0.0430. The molecule has 0 unspecified atom stereocenters. The lowest BCUT2D eigenvalue weighted by molar-refractivity contribution is -0.137. The van der Waals surface area contributed by atoms with Gasteiger partial charge >= 0.3 is 10.8 Å². The van der Waals surface area contributed by atoms with Crippen molar-refractivity contribution in [3.05, 3.63) is 45.1 Å². The van der Waals surface area contributed by atoms with Crippen molar-refractivity contribution in [1.82, 2.24) is 4.57 Å². The molecule has 0 radical (unpaired) electrons. The van der Waals surface area contributed by atoms with Gasteiger partial charge in [-0.1, -0.05) is 23.5 Å². The lowest BCUT2D eigenvalue weighted by atomic mass is 10.1. The fraction of sp³-hybridized carbons (Fsp3) is 0.167. The molecule has 2 rings (SSSR count). The first-order valence-corrected chi connectivity index (χ1v) is 6.12. The average molecular weight is 267 g/mol. The highest BCUT2D eigenvalue weighted by atomic mass is 32.1. The quantitative estimate of drug-likeness (QED) is 0.923. The number of aliphatic carboxylic acids is 1. The maximum atomic E-state index is 13.6. The highest BCUT2D eigenvalue weighted by molar-refractivity contribution is 7.07. The minimum atomic E-state index is -0.993. The van der Waals surface area contributed by atoms with Gasteiger partial charge in [0.15, 0.2) is 0 Å². The lowest BCUT2D eigenvalue weighted by Crippen LogP contribution is -2.16. The van der Waals surface area contributed by atoms with Gasteiger partial charge in [-0.15, -0.1) is 0 Å². The van der Waals surface area contributed by atoms with E-state index in [2.05, 4.69) is 0 Å². The van der Waals surface area contributed by atoms with Gasteiger partial charge in [0.1, 0.15) is 5.82 Å². The number of benzene rings is 1. The Morgan fingerprint density at radius 2 is 2.11 bits per heavy atom. The summed E-state index contributed by atoms with van der Waals surface area (Å²) in [4.78, 5) is 21.9. The molecule has 0 aliphatic heterocycles. The van der Waals surface area contributed by atoms with Crippen LogP contribution >= 0.6 is 11.3 Å². The van der Waals surface area contributed by atoms with Gasteiger partial charge in [0.25, 0.3) is 0 Å². The fourth-order valence-corrected chi connectivity index (χ4v) is 2.41. The zero-order chi connectivity index (χ0) is 13.1. The van der Waals surface area contributed by atoms with Gasteiger partial charge in [-0.05, 0) is 12.1 Å². The zero-order valence-electron chi connectivity index (χ0n) is 9.30. The Bertz CT molecular complexity index is 632. The van der Waals surface area contributed by atoms with Crippen LogP contribution in [0, 0.1) is 5.82 Å². The monoisotopic (exact) mass is 267 g/mol. The van der Waals surface area contributed by atoms with E-state index in [0.717, 1.165) is 11.3 Å². The third kappa shape index (κ3) is 2.48. The van der Waals surface area contributed by atoms with E-state index in [-0.39, 0.29) is 17.8 Å². The first-order valence-electron chi connectivity index (χ1n) is 5.24. The van der Waals surface area contributed by atoms with Gasteiger partial charge in [-0.3, -0.25) is 14.2 Å². The number of thiazole rings is 1. The summed E-state index contributed by atoms with van der Waals surface area (Å²) in [6.07, 6.45) is -0.169. The van der Waals surface area contributed by atoms with Crippen LogP contribution in [0.5, 0.6) is 0 Å². The number of rotatable bonds is 4. The Balaban J connectivity index is 2.43. The molecule has 0 saturated carbocycles. The predicted molar refractivity (Wildman–Crippen MR) is 66.2 cm³/mol. The van der Waals surface area contributed by atoms with Crippen LogP contribution in [0.2, 0.25) is 0 Å². The summed E-state index contributed by atoms with van der Waals surface area (Å²) in [7, 11) is 0. The third-order valence-corrected chi connectivity index (χ3v) is 3.24. The molecule has 0 bridgehead atoms. The third-order valence-electron chi connectivity index (χ3n) is 2.48. The fourth-order valence-electron chi connectivity index (χ4n) is 1.63. The Kier molecular flexibility index (Phi) is 3.57. The second-order valence-corrected chi connectivity index (χ2v) is 4.48. The molecule has 6 heteroatoms. The van der Waals surface area contributed by atoms with Crippen LogP contribution < -0.4 is 4.87 Å². The molecule has 1 heterocycles. The van der Waals surface area contributed by atoms with E-state index in [1.807, 2.05) is 0 Å². The number of carboxylic acid groups (broad SMARTS) is 1. The molecule has 0 saturated heterocycles. The van der Waals surface area contributed by atoms with Crippen molar-refractivity contribution in [2.75, 3.05) is 0 Å². The number of carbonyl (C=O) groups is 1. The number of aromatic nitrogens is 1. The normalized spacial score (nSPS) is 10.5. The zero-order valence-corrected chi connectivity index (χ0v) is 10.1. The van der Waals surface area contributed by atoms with Crippen molar-refractivity contribution in [3.63, 3.8) is 0 Å². The van der Waals surface area contributed by atoms with Crippen molar-refractivity contribution in [2.24, 2.45) is 0 Å². The van der Waals surface area contributed by atoms with Gasteiger partial charge in [0, 0.05) is 17.5 Å². The van der Waals surface area contributed by atoms with Crippen LogP contribution in [0.4, 0.5) is 4.39 Å². The Labute approximate surface area is 106 Å². The molecule has 1 aromatic heterocycles. The van der Waals surface area contributed by atoms with Gasteiger partial charge in [0.2, 0.25) is 0 Å². The predicted octanol–water partition coefficient (Wildman–Crippen LogP) is 2.19. The highest BCUT2D eigenvalue weighted by Crippen LogP contribution is 2.23. The van der Waals surface area contributed by atoms with E-state index < -0.39 is 11.8 Å². The first-order chi connectivity index (χ1) is 8.59. The highest BCUT2D eigenvalue weighted by Gasteiger charge is 2.13. The van der Waals surface area contributed by atoms with Gasteiger partial charge < -0.3 is 5.11 Å². The Morgan fingerprint density at radius 1 is 1.39 bits per heavy atom. The van der Waals surface area contributed by atoms with E-state index in [1.165, 1.54) is 10.6 Å². The number of carboxylic acids is 1. The standard InChI is InChI=1S/C12H10FNO3S/c13-9-4-2-1-3-8(9)10-7-18-12(17)14(10)6-5-11(15)16/h1-4,7H,5-6H2,(H,15,16). The van der Waals surface area contributed by atoms with Crippen LogP contribution in [0.25, 0.3) is 11.3 Å². The van der Waals surface area contributed by atoms with Crippen molar-refractivity contribution in [2.45, 2.75) is 13.0 Å². The molecule has 1 N–H and O–H groups in total. The molecule has 0 fully saturated rings. The molecule has 0 spiro atoms. The van der Waals surface area contributed by atoms with E-state index >= 15 is 0 Å². The Morgan fingerprint density at radius 3 is 2.78 bits per heavy atom. The molecular formula is C12H10FNO3S. The molecule has 94 valence electrons. The summed E-state index contributed by atoms with van der Waals surface area (Å²) < 4.78 is 14.9. The van der Waals surface area contributed by atoms with Crippen LogP contribution in [0.3, 0.4) is 0 Å². The van der Waals surface area contributed by atoms with Gasteiger partial charge in [-0.2, -0.15) is 0 Å². The maximum absolute atomic E-state index is 13.6.